The molecule has 0 radical (unpaired) electrons. The fourth-order valence-corrected chi connectivity index (χ4v) is 3.16. The van der Waals surface area contributed by atoms with Crippen molar-refractivity contribution >= 4 is 33.9 Å². The monoisotopic (exact) mass is 434 g/mol. The minimum Gasteiger partial charge on any atom is -0.731 e. The molecular formula is C17H26N2O9S. The van der Waals surface area contributed by atoms with Crippen LogP contribution < -0.4 is 10.9 Å². The molecule has 0 atom stereocenters. The lowest BCUT2D eigenvalue weighted by Gasteiger charge is -2.28. The second-order valence-corrected chi connectivity index (χ2v) is 7.04. The van der Waals surface area contributed by atoms with Gasteiger partial charge in [-0.2, -0.15) is 0 Å². The summed E-state index contributed by atoms with van der Waals surface area (Å²) in [6.07, 6.45) is 0.0235. The van der Waals surface area contributed by atoms with Crippen LogP contribution in [0.25, 0.3) is 0 Å². The van der Waals surface area contributed by atoms with Crippen molar-refractivity contribution in [1.82, 2.24) is 6.15 Å². The number of methoxy groups -OCH3 is 3. The summed E-state index contributed by atoms with van der Waals surface area (Å²) in [6.45, 7) is 0. The van der Waals surface area contributed by atoms with Gasteiger partial charge in [-0.3, -0.25) is 19.1 Å². The number of hydrogen-bond donors (Lipinski definition) is 2. The van der Waals surface area contributed by atoms with Gasteiger partial charge >= 0.3 is 17.9 Å². The smallest absolute Gasteiger partial charge is 0.323 e. The molecule has 0 heterocycles. The molecule has 1 aromatic carbocycles. The highest BCUT2D eigenvalue weighted by Crippen LogP contribution is 2.33. The molecule has 1 rings (SSSR count). The third-order valence-electron chi connectivity index (χ3n) is 4.07. The molecular weight excluding hydrogens is 408 g/mol. The van der Waals surface area contributed by atoms with Crippen LogP contribution in [0.5, 0.6) is 0 Å². The Balaban J connectivity index is 0.00000784. The van der Waals surface area contributed by atoms with E-state index in [1.165, 1.54) is 31.4 Å². The van der Waals surface area contributed by atoms with Gasteiger partial charge in [-0.05, 0) is 37.0 Å². The van der Waals surface area contributed by atoms with E-state index in [1.807, 2.05) is 0 Å². The molecule has 12 heteroatoms. The zero-order valence-corrected chi connectivity index (χ0v) is 17.5. The Morgan fingerprint density at radius 2 is 1.52 bits per heavy atom. The molecule has 5 N–H and O–H groups in total. The van der Waals surface area contributed by atoms with Gasteiger partial charge < -0.3 is 24.9 Å². The number of benzene rings is 1. The van der Waals surface area contributed by atoms with Crippen LogP contribution in [-0.2, 0) is 45.3 Å². The Labute approximate surface area is 169 Å². The third kappa shape index (κ3) is 7.68. The Bertz CT molecular complexity index is 791. The average Bonchev–Trinajstić information content (AvgIpc) is 2.65. The second-order valence-electron chi connectivity index (χ2n) is 5.92. The van der Waals surface area contributed by atoms with Crippen molar-refractivity contribution in [2.75, 3.05) is 26.1 Å². The van der Waals surface area contributed by atoms with Crippen molar-refractivity contribution in [1.29, 1.82) is 0 Å². The SMILES string of the molecule is COC(=O)CCCC(Cc1ccc(NS(=O)(=O)[O-])cc1)(C(=O)OC)C(=O)OC.[NH4+]. The quantitative estimate of drug-likeness (QED) is 0.236. The van der Waals surface area contributed by atoms with Crippen LogP contribution in [-0.4, -0.2) is 52.2 Å². The number of quaternary nitrogens is 1. The van der Waals surface area contributed by atoms with Gasteiger partial charge in [0.15, 0.2) is 15.7 Å². The number of anilines is 1. The molecule has 0 aliphatic carbocycles. The van der Waals surface area contributed by atoms with Gasteiger partial charge in [-0.25, -0.2) is 8.42 Å². The van der Waals surface area contributed by atoms with Crippen LogP contribution in [0.3, 0.4) is 0 Å². The van der Waals surface area contributed by atoms with E-state index in [-0.39, 0.29) is 37.5 Å². The van der Waals surface area contributed by atoms with Crippen molar-refractivity contribution in [3.63, 3.8) is 0 Å². The van der Waals surface area contributed by atoms with E-state index in [0.717, 1.165) is 14.2 Å². The lowest BCUT2D eigenvalue weighted by molar-refractivity contribution is -0.170. The fraction of sp³-hybridized carbons (Fsp3) is 0.471. The molecule has 0 aliphatic rings. The van der Waals surface area contributed by atoms with Gasteiger partial charge in [-0.1, -0.05) is 12.1 Å². The molecule has 0 aromatic heterocycles. The van der Waals surface area contributed by atoms with Gasteiger partial charge in [0.2, 0.25) is 0 Å². The van der Waals surface area contributed by atoms with Gasteiger partial charge in [-0.15, -0.1) is 0 Å². The molecule has 29 heavy (non-hydrogen) atoms. The molecule has 0 unspecified atom stereocenters. The lowest BCUT2D eigenvalue weighted by atomic mass is 9.77. The van der Waals surface area contributed by atoms with Crippen LogP contribution in [0.15, 0.2) is 24.3 Å². The van der Waals surface area contributed by atoms with E-state index in [2.05, 4.69) is 4.74 Å². The summed E-state index contributed by atoms with van der Waals surface area (Å²) >= 11 is 0. The highest BCUT2D eigenvalue weighted by Gasteiger charge is 2.48. The zero-order valence-electron chi connectivity index (χ0n) is 16.7. The Hall–Kier alpha value is -2.70. The van der Waals surface area contributed by atoms with E-state index < -0.39 is 33.6 Å². The predicted molar refractivity (Wildman–Crippen MR) is 102 cm³/mol. The molecule has 0 bridgehead atoms. The normalized spacial score (nSPS) is 11.0. The van der Waals surface area contributed by atoms with Crippen LogP contribution in [0.2, 0.25) is 0 Å². The molecule has 0 amide bonds. The highest BCUT2D eigenvalue weighted by molar-refractivity contribution is 7.87. The number of nitrogens with one attached hydrogen (secondary N) is 1. The Morgan fingerprint density at radius 3 is 1.93 bits per heavy atom. The van der Waals surface area contributed by atoms with Crippen LogP contribution in [0.4, 0.5) is 5.69 Å². The standard InChI is InChI=1S/C17H23NO9S.H3N/c1-25-14(19)5-4-10-17(15(20)26-2,16(21)27-3)11-12-6-8-13(9-7-12)18-28(22,23)24;/h6-9,18H,4-5,10-11H2,1-3H3,(H,22,23,24);1H3. The molecule has 0 aliphatic heterocycles. The maximum absolute atomic E-state index is 12.5. The summed E-state index contributed by atoms with van der Waals surface area (Å²) in [5.74, 6) is -2.14. The molecule has 0 fully saturated rings. The van der Waals surface area contributed by atoms with E-state index >= 15 is 0 Å². The Kier molecular flexibility index (Phi) is 10.3. The molecule has 1 aromatic rings. The number of ether oxygens (including phenoxy) is 3. The summed E-state index contributed by atoms with van der Waals surface area (Å²) < 4.78 is 48.1. The summed E-state index contributed by atoms with van der Waals surface area (Å²) in [5, 5.41) is 0. The van der Waals surface area contributed by atoms with Gasteiger partial charge in [0.05, 0.1) is 21.3 Å². The number of carbonyl (C=O) groups excluding carboxylic acids is 3. The highest BCUT2D eigenvalue weighted by atomic mass is 32.2. The second kappa shape index (κ2) is 11.3. The van der Waals surface area contributed by atoms with Crippen LogP contribution in [0.1, 0.15) is 24.8 Å². The van der Waals surface area contributed by atoms with Crippen molar-refractivity contribution in [3.05, 3.63) is 29.8 Å². The van der Waals surface area contributed by atoms with Crippen molar-refractivity contribution in [2.45, 2.75) is 25.7 Å². The minimum atomic E-state index is -4.67. The Morgan fingerprint density at radius 1 is 1.00 bits per heavy atom. The first kappa shape index (κ1) is 26.3. The summed E-state index contributed by atoms with van der Waals surface area (Å²) in [4.78, 5) is 36.3. The van der Waals surface area contributed by atoms with Crippen molar-refractivity contribution in [2.24, 2.45) is 5.41 Å². The number of carbonyl (C=O) groups is 3. The number of rotatable bonds is 10. The first-order chi connectivity index (χ1) is 13.1. The maximum Gasteiger partial charge on any atom is 0.323 e. The van der Waals surface area contributed by atoms with Crippen LogP contribution >= 0.6 is 0 Å². The van der Waals surface area contributed by atoms with Gasteiger partial charge in [0.1, 0.15) is 0 Å². The van der Waals surface area contributed by atoms with Crippen LogP contribution in [0, 0.1) is 5.41 Å². The first-order valence-electron chi connectivity index (χ1n) is 8.14. The van der Waals surface area contributed by atoms with Gasteiger partial charge in [0, 0.05) is 12.1 Å². The maximum atomic E-state index is 12.5. The number of hydrogen-bond acceptors (Lipinski definition) is 9. The fourth-order valence-electron chi connectivity index (χ4n) is 2.73. The molecule has 11 nitrogen and oxygen atoms in total. The topological polar surface area (TPSA) is 185 Å². The summed E-state index contributed by atoms with van der Waals surface area (Å²) in [5.41, 5.74) is -1.18. The summed E-state index contributed by atoms with van der Waals surface area (Å²) in [6, 6.07) is 5.54. The molecule has 0 saturated carbocycles. The minimum absolute atomic E-state index is 0. The lowest BCUT2D eigenvalue weighted by Crippen LogP contribution is -2.43. The van der Waals surface area contributed by atoms with Gasteiger partial charge in [0.25, 0.3) is 0 Å². The largest absolute Gasteiger partial charge is 0.731 e. The average molecular weight is 434 g/mol. The third-order valence-corrected chi connectivity index (χ3v) is 4.55. The van der Waals surface area contributed by atoms with E-state index in [9.17, 15) is 27.4 Å². The zero-order chi connectivity index (χ0) is 21.4. The number of esters is 3. The molecule has 0 spiro atoms. The first-order valence-corrected chi connectivity index (χ1v) is 9.55. The predicted octanol–water partition coefficient (Wildman–Crippen LogP) is 1.15. The van der Waals surface area contributed by atoms with Crippen molar-refractivity contribution in [3.8, 4) is 0 Å². The molecule has 164 valence electrons. The van der Waals surface area contributed by atoms with E-state index in [0.29, 0.717) is 5.56 Å². The van der Waals surface area contributed by atoms with Crippen molar-refractivity contribution < 1.29 is 41.6 Å². The van der Waals surface area contributed by atoms with E-state index in [1.54, 1.807) is 4.72 Å². The summed E-state index contributed by atoms with van der Waals surface area (Å²) in [7, 11) is -1.18. The molecule has 0 saturated heterocycles. The van der Waals surface area contributed by atoms with E-state index in [4.69, 9.17) is 9.47 Å².